The van der Waals surface area contributed by atoms with Crippen molar-refractivity contribution in [2.24, 2.45) is 5.41 Å². The van der Waals surface area contributed by atoms with Gasteiger partial charge in [-0.15, -0.1) is 0 Å². The predicted molar refractivity (Wildman–Crippen MR) is 87.4 cm³/mol. The number of aliphatic carboxylic acids is 1. The molecule has 0 spiro atoms. The summed E-state index contributed by atoms with van der Waals surface area (Å²) in [6.07, 6.45) is 4.15. The summed E-state index contributed by atoms with van der Waals surface area (Å²) >= 11 is 0. The number of β-amino-alcohol motifs (C(OH)–C–C–N with tert-alkyl or cyclic N) is 1. The standard InChI is InChI=1S/C17H21N3O3/c1-2-6-17(16(22)23)7-10-20(11-14(17)21)15-12-4-3-8-18-13(12)5-9-19-15/h3-5,8-9,14,21H,2,6-7,10-11H2,1H3,(H,22,23)/t14-,17+/m1/s1. The molecule has 6 nitrogen and oxygen atoms in total. The molecular formula is C17H21N3O3. The maximum atomic E-state index is 11.7. The molecule has 6 heteroatoms. The number of carboxylic acids is 1. The molecule has 0 aromatic carbocycles. The van der Waals surface area contributed by atoms with E-state index in [0.29, 0.717) is 19.4 Å². The minimum absolute atomic E-state index is 0.271. The lowest BCUT2D eigenvalue weighted by molar-refractivity contribution is -0.159. The molecule has 3 rings (SSSR count). The van der Waals surface area contributed by atoms with Crippen molar-refractivity contribution in [3.05, 3.63) is 30.6 Å². The quantitative estimate of drug-likeness (QED) is 0.898. The molecular weight excluding hydrogens is 294 g/mol. The number of aromatic nitrogens is 2. The van der Waals surface area contributed by atoms with Crippen LogP contribution < -0.4 is 4.90 Å². The highest BCUT2D eigenvalue weighted by molar-refractivity contribution is 5.89. The van der Waals surface area contributed by atoms with E-state index in [4.69, 9.17) is 0 Å². The van der Waals surface area contributed by atoms with Crippen molar-refractivity contribution in [1.29, 1.82) is 0 Å². The highest BCUT2D eigenvalue weighted by Crippen LogP contribution is 2.38. The van der Waals surface area contributed by atoms with Crippen LogP contribution in [0.3, 0.4) is 0 Å². The molecule has 1 fully saturated rings. The number of anilines is 1. The predicted octanol–water partition coefficient (Wildman–Crippen LogP) is 2.07. The molecule has 2 aromatic rings. The van der Waals surface area contributed by atoms with Gasteiger partial charge >= 0.3 is 5.97 Å². The van der Waals surface area contributed by atoms with Gasteiger partial charge in [-0.25, -0.2) is 4.98 Å². The van der Waals surface area contributed by atoms with Crippen LogP contribution in [0, 0.1) is 5.41 Å². The van der Waals surface area contributed by atoms with E-state index < -0.39 is 17.5 Å². The van der Waals surface area contributed by atoms with Crippen LogP contribution in [0.2, 0.25) is 0 Å². The van der Waals surface area contributed by atoms with Gasteiger partial charge in [0, 0.05) is 30.9 Å². The fraction of sp³-hybridized carbons (Fsp3) is 0.471. The molecule has 0 amide bonds. The molecule has 1 aliphatic rings. The molecule has 0 unspecified atom stereocenters. The van der Waals surface area contributed by atoms with Gasteiger partial charge in [0.1, 0.15) is 5.82 Å². The minimum atomic E-state index is -1.05. The third-order valence-corrected chi connectivity index (χ3v) is 4.79. The van der Waals surface area contributed by atoms with Gasteiger partial charge in [-0.2, -0.15) is 0 Å². The van der Waals surface area contributed by atoms with Crippen molar-refractivity contribution >= 4 is 22.7 Å². The molecule has 1 aliphatic heterocycles. The Morgan fingerprint density at radius 2 is 2.22 bits per heavy atom. The highest BCUT2D eigenvalue weighted by Gasteiger charge is 2.48. The number of piperidine rings is 1. The van der Waals surface area contributed by atoms with Crippen LogP contribution in [0.5, 0.6) is 0 Å². The molecule has 122 valence electrons. The van der Waals surface area contributed by atoms with E-state index in [1.54, 1.807) is 12.4 Å². The number of carbonyl (C=O) groups is 1. The Kier molecular flexibility index (Phi) is 4.17. The summed E-state index contributed by atoms with van der Waals surface area (Å²) in [7, 11) is 0. The molecule has 0 aliphatic carbocycles. The smallest absolute Gasteiger partial charge is 0.312 e. The van der Waals surface area contributed by atoms with Crippen LogP contribution in [0.25, 0.3) is 10.9 Å². The first kappa shape index (κ1) is 15.7. The number of fused-ring (bicyclic) bond motifs is 1. The molecule has 3 heterocycles. The Balaban J connectivity index is 1.91. The van der Waals surface area contributed by atoms with E-state index in [0.717, 1.165) is 23.1 Å². The third-order valence-electron chi connectivity index (χ3n) is 4.79. The summed E-state index contributed by atoms with van der Waals surface area (Å²) in [4.78, 5) is 22.4. The molecule has 2 aromatic heterocycles. The molecule has 2 N–H and O–H groups in total. The van der Waals surface area contributed by atoms with Gasteiger partial charge in [0.05, 0.1) is 17.0 Å². The molecule has 0 bridgehead atoms. The first-order valence-electron chi connectivity index (χ1n) is 7.94. The van der Waals surface area contributed by atoms with Gasteiger partial charge in [0.2, 0.25) is 0 Å². The molecule has 0 radical (unpaired) electrons. The largest absolute Gasteiger partial charge is 0.481 e. The maximum absolute atomic E-state index is 11.7. The number of rotatable bonds is 4. The molecule has 1 saturated heterocycles. The van der Waals surface area contributed by atoms with E-state index in [-0.39, 0.29) is 6.54 Å². The Morgan fingerprint density at radius 1 is 1.39 bits per heavy atom. The van der Waals surface area contributed by atoms with Gasteiger partial charge in [0.15, 0.2) is 0 Å². The average Bonchev–Trinajstić information content (AvgIpc) is 2.56. The molecule has 0 saturated carbocycles. The van der Waals surface area contributed by atoms with Crippen LogP contribution in [-0.2, 0) is 4.79 Å². The van der Waals surface area contributed by atoms with E-state index in [1.807, 2.05) is 30.0 Å². The molecule has 2 atom stereocenters. The van der Waals surface area contributed by atoms with Crippen molar-refractivity contribution < 1.29 is 15.0 Å². The minimum Gasteiger partial charge on any atom is -0.481 e. The Morgan fingerprint density at radius 3 is 2.91 bits per heavy atom. The van der Waals surface area contributed by atoms with Gasteiger partial charge < -0.3 is 15.1 Å². The number of pyridine rings is 2. The van der Waals surface area contributed by atoms with Crippen LogP contribution in [0.1, 0.15) is 26.2 Å². The Bertz CT molecular complexity index is 716. The number of nitrogens with zero attached hydrogens (tertiary/aromatic N) is 3. The van der Waals surface area contributed by atoms with Crippen molar-refractivity contribution in [1.82, 2.24) is 9.97 Å². The molecule has 23 heavy (non-hydrogen) atoms. The highest BCUT2D eigenvalue weighted by atomic mass is 16.4. The second-order valence-electron chi connectivity index (χ2n) is 6.13. The van der Waals surface area contributed by atoms with E-state index in [1.165, 1.54) is 0 Å². The van der Waals surface area contributed by atoms with Crippen molar-refractivity contribution in [2.45, 2.75) is 32.3 Å². The average molecular weight is 315 g/mol. The van der Waals surface area contributed by atoms with Crippen molar-refractivity contribution in [2.75, 3.05) is 18.0 Å². The van der Waals surface area contributed by atoms with E-state index in [2.05, 4.69) is 9.97 Å². The van der Waals surface area contributed by atoms with Crippen LogP contribution in [0.15, 0.2) is 30.6 Å². The van der Waals surface area contributed by atoms with Crippen molar-refractivity contribution in [3.8, 4) is 0 Å². The van der Waals surface area contributed by atoms with Crippen LogP contribution in [0.4, 0.5) is 5.82 Å². The summed E-state index contributed by atoms with van der Waals surface area (Å²) in [5.41, 5.74) is -0.204. The third kappa shape index (κ3) is 2.63. The number of carboxylic acid groups (broad SMARTS) is 1. The van der Waals surface area contributed by atoms with Gasteiger partial charge in [0.25, 0.3) is 0 Å². The zero-order valence-electron chi connectivity index (χ0n) is 13.1. The van der Waals surface area contributed by atoms with E-state index >= 15 is 0 Å². The van der Waals surface area contributed by atoms with E-state index in [9.17, 15) is 15.0 Å². The second kappa shape index (κ2) is 6.12. The fourth-order valence-corrected chi connectivity index (χ4v) is 3.50. The summed E-state index contributed by atoms with van der Waals surface area (Å²) in [6, 6.07) is 5.65. The first-order chi connectivity index (χ1) is 11.1. The second-order valence-corrected chi connectivity index (χ2v) is 6.13. The first-order valence-corrected chi connectivity index (χ1v) is 7.94. The topological polar surface area (TPSA) is 86.5 Å². The van der Waals surface area contributed by atoms with Crippen LogP contribution >= 0.6 is 0 Å². The summed E-state index contributed by atoms with van der Waals surface area (Å²) < 4.78 is 0. The summed E-state index contributed by atoms with van der Waals surface area (Å²) in [5.74, 6) is -0.149. The number of hydrogen-bond donors (Lipinski definition) is 2. The van der Waals surface area contributed by atoms with Gasteiger partial charge in [-0.05, 0) is 31.0 Å². The lowest BCUT2D eigenvalue weighted by atomic mass is 9.73. The fourth-order valence-electron chi connectivity index (χ4n) is 3.50. The SMILES string of the molecule is CCC[C@]1(C(=O)O)CCN(c2nccc3ncccc23)C[C@H]1O. The number of aliphatic hydroxyl groups excluding tert-OH is 1. The maximum Gasteiger partial charge on any atom is 0.312 e. The van der Waals surface area contributed by atoms with Crippen LogP contribution in [-0.4, -0.2) is 45.3 Å². The normalized spacial score (nSPS) is 24.8. The number of aliphatic hydroxyl groups is 1. The zero-order chi connectivity index (χ0) is 16.4. The van der Waals surface area contributed by atoms with Gasteiger partial charge in [-0.3, -0.25) is 9.78 Å². The summed E-state index contributed by atoms with van der Waals surface area (Å²) in [6.45, 7) is 2.78. The van der Waals surface area contributed by atoms with Gasteiger partial charge in [-0.1, -0.05) is 13.3 Å². The monoisotopic (exact) mass is 315 g/mol. The number of hydrogen-bond acceptors (Lipinski definition) is 5. The Hall–Kier alpha value is -2.21. The summed E-state index contributed by atoms with van der Waals surface area (Å²) in [5, 5.41) is 21.1. The Labute approximate surface area is 134 Å². The lowest BCUT2D eigenvalue weighted by Crippen LogP contribution is -2.55. The lowest BCUT2D eigenvalue weighted by Gasteiger charge is -2.43. The van der Waals surface area contributed by atoms with Crippen molar-refractivity contribution in [3.63, 3.8) is 0 Å². The zero-order valence-corrected chi connectivity index (χ0v) is 13.1.